The molecule has 0 saturated heterocycles. The van der Waals surface area contributed by atoms with Crippen LogP contribution >= 0.6 is 12.6 Å². The SMILES string of the molecule is O=Cc1cccc(C(O)C(O)CS)n1. The quantitative estimate of drug-likeness (QED) is 0.494. The molecule has 0 radical (unpaired) electrons. The van der Waals surface area contributed by atoms with Crippen molar-refractivity contribution in [3.63, 3.8) is 0 Å². The summed E-state index contributed by atoms with van der Waals surface area (Å²) < 4.78 is 0. The minimum atomic E-state index is -1.10. The number of rotatable bonds is 4. The monoisotopic (exact) mass is 213 g/mol. The summed E-state index contributed by atoms with van der Waals surface area (Å²) in [5.74, 6) is 0.133. The average molecular weight is 213 g/mol. The van der Waals surface area contributed by atoms with Crippen molar-refractivity contribution in [2.45, 2.75) is 12.2 Å². The molecule has 1 aromatic heterocycles. The zero-order valence-electron chi connectivity index (χ0n) is 7.37. The van der Waals surface area contributed by atoms with Crippen molar-refractivity contribution in [2.75, 3.05) is 5.75 Å². The molecule has 0 spiro atoms. The van der Waals surface area contributed by atoms with Crippen LogP contribution in [0, 0.1) is 0 Å². The lowest BCUT2D eigenvalue weighted by Gasteiger charge is -2.14. The lowest BCUT2D eigenvalue weighted by Crippen LogP contribution is -2.21. The number of aliphatic hydroxyl groups is 2. The molecule has 5 heteroatoms. The summed E-state index contributed by atoms with van der Waals surface area (Å²) in [4.78, 5) is 14.2. The van der Waals surface area contributed by atoms with Crippen LogP contribution in [0.25, 0.3) is 0 Å². The van der Waals surface area contributed by atoms with E-state index in [0.717, 1.165) is 0 Å². The maximum Gasteiger partial charge on any atom is 0.168 e. The number of hydrogen-bond donors (Lipinski definition) is 3. The van der Waals surface area contributed by atoms with Crippen LogP contribution < -0.4 is 0 Å². The second kappa shape index (κ2) is 5.09. The Morgan fingerprint density at radius 1 is 1.50 bits per heavy atom. The van der Waals surface area contributed by atoms with Gasteiger partial charge in [0.15, 0.2) is 6.29 Å². The number of hydrogen-bond acceptors (Lipinski definition) is 5. The van der Waals surface area contributed by atoms with Gasteiger partial charge in [-0.15, -0.1) is 0 Å². The molecule has 0 bridgehead atoms. The van der Waals surface area contributed by atoms with Crippen molar-refractivity contribution in [3.05, 3.63) is 29.6 Å². The largest absolute Gasteiger partial charge is 0.389 e. The summed E-state index contributed by atoms with van der Waals surface area (Å²) in [7, 11) is 0. The highest BCUT2D eigenvalue weighted by Gasteiger charge is 2.18. The van der Waals surface area contributed by atoms with Gasteiger partial charge >= 0.3 is 0 Å². The van der Waals surface area contributed by atoms with E-state index in [-0.39, 0.29) is 17.1 Å². The lowest BCUT2D eigenvalue weighted by molar-refractivity contribution is 0.0309. The van der Waals surface area contributed by atoms with Gasteiger partial charge in [-0.05, 0) is 12.1 Å². The molecular formula is C9H11NO3S. The van der Waals surface area contributed by atoms with E-state index in [9.17, 15) is 15.0 Å². The van der Waals surface area contributed by atoms with Crippen LogP contribution in [0.2, 0.25) is 0 Å². The van der Waals surface area contributed by atoms with E-state index in [4.69, 9.17) is 0 Å². The van der Waals surface area contributed by atoms with Gasteiger partial charge in [0.25, 0.3) is 0 Å². The third-order valence-corrected chi connectivity index (χ3v) is 2.14. The Morgan fingerprint density at radius 2 is 2.21 bits per heavy atom. The first-order chi connectivity index (χ1) is 6.69. The van der Waals surface area contributed by atoms with Crippen molar-refractivity contribution < 1.29 is 15.0 Å². The van der Waals surface area contributed by atoms with Gasteiger partial charge in [0.1, 0.15) is 11.8 Å². The number of thiol groups is 1. The molecule has 0 fully saturated rings. The highest BCUT2D eigenvalue weighted by Crippen LogP contribution is 2.15. The van der Waals surface area contributed by atoms with Crippen LogP contribution in [0.5, 0.6) is 0 Å². The Balaban J connectivity index is 2.89. The molecule has 0 saturated carbocycles. The van der Waals surface area contributed by atoms with E-state index >= 15 is 0 Å². The van der Waals surface area contributed by atoms with Gasteiger partial charge in [0.2, 0.25) is 0 Å². The molecule has 4 nitrogen and oxygen atoms in total. The minimum Gasteiger partial charge on any atom is -0.389 e. The number of carbonyl (C=O) groups excluding carboxylic acids is 1. The van der Waals surface area contributed by atoms with Gasteiger partial charge in [-0.2, -0.15) is 12.6 Å². The molecule has 0 aliphatic heterocycles. The van der Waals surface area contributed by atoms with Crippen molar-refractivity contribution in [1.29, 1.82) is 0 Å². The van der Waals surface area contributed by atoms with Gasteiger partial charge in [0, 0.05) is 5.75 Å². The fourth-order valence-corrected chi connectivity index (χ4v) is 1.20. The second-order valence-corrected chi connectivity index (χ2v) is 3.17. The summed E-state index contributed by atoms with van der Waals surface area (Å²) in [6.07, 6.45) is -1.50. The predicted octanol–water partition coefficient (Wildman–Crippen LogP) is 0.218. The van der Waals surface area contributed by atoms with Crippen LogP contribution in [0.15, 0.2) is 18.2 Å². The Labute approximate surface area is 87.0 Å². The Kier molecular flexibility index (Phi) is 4.06. The van der Waals surface area contributed by atoms with Gasteiger partial charge in [-0.1, -0.05) is 6.07 Å². The van der Waals surface area contributed by atoms with Crippen molar-refractivity contribution in [3.8, 4) is 0 Å². The first-order valence-corrected chi connectivity index (χ1v) is 4.71. The third kappa shape index (κ3) is 2.54. The van der Waals surface area contributed by atoms with Crippen molar-refractivity contribution >= 4 is 18.9 Å². The van der Waals surface area contributed by atoms with E-state index in [1.807, 2.05) is 0 Å². The molecule has 0 aliphatic carbocycles. The molecular weight excluding hydrogens is 202 g/mol. The molecule has 76 valence electrons. The number of pyridine rings is 1. The molecule has 2 unspecified atom stereocenters. The topological polar surface area (TPSA) is 70.4 Å². The third-order valence-electron chi connectivity index (χ3n) is 1.77. The Morgan fingerprint density at radius 3 is 2.79 bits per heavy atom. The smallest absolute Gasteiger partial charge is 0.168 e. The minimum absolute atomic E-state index is 0.133. The summed E-state index contributed by atoms with van der Waals surface area (Å²) >= 11 is 3.85. The van der Waals surface area contributed by atoms with E-state index in [1.54, 1.807) is 12.1 Å². The maximum absolute atomic E-state index is 10.4. The summed E-state index contributed by atoms with van der Waals surface area (Å²) in [6, 6.07) is 4.67. The number of nitrogens with zero attached hydrogens (tertiary/aromatic N) is 1. The van der Waals surface area contributed by atoms with Crippen LogP contribution in [0.3, 0.4) is 0 Å². The normalized spacial score (nSPS) is 14.8. The van der Waals surface area contributed by atoms with Crippen LogP contribution in [-0.2, 0) is 0 Å². The highest BCUT2D eigenvalue weighted by molar-refractivity contribution is 7.80. The molecule has 2 atom stereocenters. The zero-order chi connectivity index (χ0) is 10.6. The standard InChI is InChI=1S/C9H11NO3S/c11-4-6-2-1-3-7(10-6)9(13)8(12)5-14/h1-4,8-9,12-14H,5H2. The molecule has 1 aromatic rings. The number of aldehydes is 1. The fraction of sp³-hybridized carbons (Fsp3) is 0.333. The summed E-state index contributed by atoms with van der Waals surface area (Å²) in [5, 5.41) is 18.8. The van der Waals surface area contributed by atoms with E-state index in [1.165, 1.54) is 6.07 Å². The maximum atomic E-state index is 10.4. The van der Waals surface area contributed by atoms with Crippen molar-refractivity contribution in [2.24, 2.45) is 0 Å². The van der Waals surface area contributed by atoms with Crippen LogP contribution in [-0.4, -0.2) is 33.3 Å². The van der Waals surface area contributed by atoms with Gasteiger partial charge in [0.05, 0.1) is 11.8 Å². The van der Waals surface area contributed by atoms with E-state index < -0.39 is 12.2 Å². The molecule has 0 aromatic carbocycles. The average Bonchev–Trinajstić information content (AvgIpc) is 2.27. The fourth-order valence-electron chi connectivity index (χ4n) is 0.996. The number of aliphatic hydroxyl groups excluding tert-OH is 2. The zero-order valence-corrected chi connectivity index (χ0v) is 8.26. The second-order valence-electron chi connectivity index (χ2n) is 2.80. The first-order valence-electron chi connectivity index (χ1n) is 4.08. The molecule has 14 heavy (non-hydrogen) atoms. The highest BCUT2D eigenvalue weighted by atomic mass is 32.1. The molecule has 0 aliphatic rings. The lowest BCUT2D eigenvalue weighted by atomic mass is 10.1. The van der Waals surface area contributed by atoms with Crippen LogP contribution in [0.1, 0.15) is 22.3 Å². The van der Waals surface area contributed by atoms with E-state index in [2.05, 4.69) is 17.6 Å². The molecule has 2 N–H and O–H groups in total. The summed E-state index contributed by atoms with van der Waals surface area (Å²) in [5.41, 5.74) is 0.504. The predicted molar refractivity (Wildman–Crippen MR) is 54.4 cm³/mol. The van der Waals surface area contributed by atoms with Gasteiger partial charge in [-0.3, -0.25) is 4.79 Å². The number of carbonyl (C=O) groups is 1. The molecule has 1 rings (SSSR count). The van der Waals surface area contributed by atoms with Gasteiger partial charge in [-0.25, -0.2) is 4.98 Å². The molecule has 0 amide bonds. The summed E-state index contributed by atoms with van der Waals surface area (Å²) in [6.45, 7) is 0. The Hall–Kier alpha value is -0.910. The van der Waals surface area contributed by atoms with E-state index in [0.29, 0.717) is 6.29 Å². The van der Waals surface area contributed by atoms with Gasteiger partial charge < -0.3 is 10.2 Å². The Bertz CT molecular complexity index is 319. The molecule has 1 heterocycles. The van der Waals surface area contributed by atoms with Crippen LogP contribution in [0.4, 0.5) is 0 Å². The van der Waals surface area contributed by atoms with Crippen molar-refractivity contribution in [1.82, 2.24) is 4.98 Å². The number of aromatic nitrogens is 1. The first kappa shape index (κ1) is 11.2.